The first-order chi connectivity index (χ1) is 6.77. The van der Waals surface area contributed by atoms with Gasteiger partial charge >= 0.3 is 5.63 Å². The third kappa shape index (κ3) is 2.02. The van der Waals surface area contributed by atoms with Gasteiger partial charge in [0.15, 0.2) is 0 Å². The number of benzene rings is 1. The fourth-order valence-corrected chi connectivity index (χ4v) is 1.25. The highest BCUT2D eigenvalue weighted by Gasteiger charge is 1.97. The van der Waals surface area contributed by atoms with Crippen LogP contribution in [-0.2, 0) is 0 Å². The maximum Gasteiger partial charge on any atom is 0.336 e. The Labute approximate surface area is 83.2 Å². The van der Waals surface area contributed by atoms with Crippen LogP contribution in [0.4, 0.5) is 0 Å². The molecular weight excluding hydrogens is 176 g/mol. The Balaban J connectivity index is 0.000000461. The molecule has 0 spiro atoms. The van der Waals surface area contributed by atoms with Gasteiger partial charge in [-0.1, -0.05) is 26.0 Å². The first-order valence-electron chi connectivity index (χ1n) is 4.77. The molecule has 2 nitrogen and oxygen atoms in total. The van der Waals surface area contributed by atoms with Gasteiger partial charge in [-0.2, -0.15) is 0 Å². The Morgan fingerprint density at radius 2 is 1.79 bits per heavy atom. The van der Waals surface area contributed by atoms with E-state index in [9.17, 15) is 4.79 Å². The Hall–Kier alpha value is -1.57. The molecule has 0 bridgehead atoms. The van der Waals surface area contributed by atoms with Crippen molar-refractivity contribution in [2.24, 2.45) is 0 Å². The highest BCUT2D eigenvalue weighted by molar-refractivity contribution is 5.79. The lowest BCUT2D eigenvalue weighted by atomic mass is 10.1. The van der Waals surface area contributed by atoms with Gasteiger partial charge in [0.05, 0.1) is 0 Å². The number of fused-ring (bicyclic) bond motifs is 1. The van der Waals surface area contributed by atoms with Crippen molar-refractivity contribution in [3.63, 3.8) is 0 Å². The molecule has 0 fully saturated rings. The SMILES string of the molecule is CC.Cc1cccc2oc(=O)ccc12. The van der Waals surface area contributed by atoms with E-state index in [0.717, 1.165) is 10.9 Å². The number of hydrogen-bond donors (Lipinski definition) is 0. The minimum absolute atomic E-state index is 0.298. The molecule has 0 unspecified atom stereocenters. The first kappa shape index (κ1) is 10.5. The quantitative estimate of drug-likeness (QED) is 0.597. The molecule has 0 amide bonds. The van der Waals surface area contributed by atoms with Crippen molar-refractivity contribution < 1.29 is 4.42 Å². The lowest BCUT2D eigenvalue weighted by molar-refractivity contribution is 0.561. The highest BCUT2D eigenvalue weighted by Crippen LogP contribution is 2.14. The van der Waals surface area contributed by atoms with E-state index in [4.69, 9.17) is 4.42 Å². The molecule has 0 aliphatic heterocycles. The highest BCUT2D eigenvalue weighted by atomic mass is 16.4. The molecule has 2 aromatic rings. The summed E-state index contributed by atoms with van der Waals surface area (Å²) in [6.45, 7) is 5.99. The number of aryl methyl sites for hydroxylation is 1. The van der Waals surface area contributed by atoms with Crippen LogP contribution in [0.2, 0.25) is 0 Å². The van der Waals surface area contributed by atoms with Crippen molar-refractivity contribution in [2.45, 2.75) is 20.8 Å². The van der Waals surface area contributed by atoms with Crippen molar-refractivity contribution in [2.75, 3.05) is 0 Å². The first-order valence-corrected chi connectivity index (χ1v) is 4.77. The zero-order valence-corrected chi connectivity index (χ0v) is 8.70. The third-order valence-corrected chi connectivity index (χ3v) is 1.88. The van der Waals surface area contributed by atoms with E-state index in [1.807, 2.05) is 32.9 Å². The van der Waals surface area contributed by atoms with Crippen LogP contribution in [0.5, 0.6) is 0 Å². The molecule has 0 saturated carbocycles. The summed E-state index contributed by atoms with van der Waals surface area (Å²) in [7, 11) is 0. The summed E-state index contributed by atoms with van der Waals surface area (Å²) in [6, 6.07) is 8.89. The van der Waals surface area contributed by atoms with Crippen molar-refractivity contribution >= 4 is 11.0 Å². The van der Waals surface area contributed by atoms with Gasteiger partial charge in [0, 0.05) is 11.5 Å². The van der Waals surface area contributed by atoms with Crippen molar-refractivity contribution in [1.82, 2.24) is 0 Å². The van der Waals surface area contributed by atoms with Gasteiger partial charge in [-0.25, -0.2) is 4.79 Å². The standard InChI is InChI=1S/C10H8O2.C2H6/c1-7-3-2-4-9-8(7)5-6-10(11)12-9;1-2/h2-6H,1H3;1-2H3. The third-order valence-electron chi connectivity index (χ3n) is 1.88. The van der Waals surface area contributed by atoms with Gasteiger partial charge < -0.3 is 4.42 Å². The van der Waals surface area contributed by atoms with Gasteiger partial charge in [0.1, 0.15) is 5.58 Å². The predicted octanol–water partition coefficient (Wildman–Crippen LogP) is 3.13. The molecule has 0 atom stereocenters. The van der Waals surface area contributed by atoms with E-state index >= 15 is 0 Å². The van der Waals surface area contributed by atoms with Crippen molar-refractivity contribution in [3.05, 3.63) is 46.3 Å². The molecule has 74 valence electrons. The molecule has 2 heteroatoms. The van der Waals surface area contributed by atoms with Crippen LogP contribution in [-0.4, -0.2) is 0 Å². The summed E-state index contributed by atoms with van der Waals surface area (Å²) in [5, 5.41) is 0.997. The van der Waals surface area contributed by atoms with Gasteiger partial charge in [0.2, 0.25) is 0 Å². The monoisotopic (exact) mass is 190 g/mol. The minimum Gasteiger partial charge on any atom is -0.423 e. The second-order valence-electron chi connectivity index (χ2n) is 2.74. The topological polar surface area (TPSA) is 30.2 Å². The van der Waals surface area contributed by atoms with Crippen LogP contribution in [0, 0.1) is 6.92 Å². The van der Waals surface area contributed by atoms with Crippen LogP contribution < -0.4 is 5.63 Å². The Kier molecular flexibility index (Phi) is 3.46. The van der Waals surface area contributed by atoms with E-state index in [1.54, 1.807) is 12.1 Å². The largest absolute Gasteiger partial charge is 0.423 e. The molecule has 0 radical (unpaired) electrons. The average molecular weight is 190 g/mol. The molecule has 1 aromatic carbocycles. The lowest BCUT2D eigenvalue weighted by Crippen LogP contribution is -1.94. The Morgan fingerprint density at radius 1 is 1.07 bits per heavy atom. The van der Waals surface area contributed by atoms with Gasteiger partial charge in [-0.3, -0.25) is 0 Å². The summed E-state index contributed by atoms with van der Waals surface area (Å²) < 4.78 is 4.99. The zero-order chi connectivity index (χ0) is 10.6. The zero-order valence-electron chi connectivity index (χ0n) is 8.70. The molecular formula is C12H14O2. The van der Waals surface area contributed by atoms with Gasteiger partial charge in [-0.15, -0.1) is 0 Å². The van der Waals surface area contributed by atoms with Crippen LogP contribution in [0.3, 0.4) is 0 Å². The maximum absolute atomic E-state index is 10.8. The Bertz CT molecular complexity index is 469. The van der Waals surface area contributed by atoms with Gasteiger partial charge in [-0.05, 0) is 24.6 Å². The van der Waals surface area contributed by atoms with E-state index < -0.39 is 0 Å². The molecule has 0 N–H and O–H groups in total. The second-order valence-corrected chi connectivity index (χ2v) is 2.74. The fourth-order valence-electron chi connectivity index (χ4n) is 1.25. The van der Waals surface area contributed by atoms with Crippen LogP contribution in [0.25, 0.3) is 11.0 Å². The summed E-state index contributed by atoms with van der Waals surface area (Å²) in [6.07, 6.45) is 0. The minimum atomic E-state index is -0.298. The molecule has 0 saturated heterocycles. The second kappa shape index (κ2) is 4.61. The summed E-state index contributed by atoms with van der Waals surface area (Å²) >= 11 is 0. The molecule has 1 heterocycles. The summed E-state index contributed by atoms with van der Waals surface area (Å²) in [5.41, 5.74) is 1.48. The molecule has 0 aliphatic rings. The molecule has 14 heavy (non-hydrogen) atoms. The van der Waals surface area contributed by atoms with Crippen molar-refractivity contribution in [1.29, 1.82) is 0 Å². The number of hydrogen-bond acceptors (Lipinski definition) is 2. The lowest BCUT2D eigenvalue weighted by Gasteiger charge is -1.97. The molecule has 1 aromatic heterocycles. The summed E-state index contributed by atoms with van der Waals surface area (Å²) in [4.78, 5) is 10.8. The predicted molar refractivity (Wildman–Crippen MR) is 58.6 cm³/mol. The average Bonchev–Trinajstić information content (AvgIpc) is 2.21. The maximum atomic E-state index is 10.8. The van der Waals surface area contributed by atoms with E-state index in [2.05, 4.69) is 0 Å². The van der Waals surface area contributed by atoms with E-state index in [0.29, 0.717) is 5.58 Å². The fraction of sp³-hybridized carbons (Fsp3) is 0.250. The van der Waals surface area contributed by atoms with E-state index in [-0.39, 0.29) is 5.63 Å². The van der Waals surface area contributed by atoms with Crippen LogP contribution >= 0.6 is 0 Å². The normalized spacial score (nSPS) is 9.36. The van der Waals surface area contributed by atoms with Crippen molar-refractivity contribution in [3.8, 4) is 0 Å². The molecule has 2 rings (SSSR count). The molecule has 0 aliphatic carbocycles. The number of rotatable bonds is 0. The Morgan fingerprint density at radius 3 is 2.50 bits per heavy atom. The summed E-state index contributed by atoms with van der Waals surface area (Å²) in [5.74, 6) is 0. The van der Waals surface area contributed by atoms with E-state index in [1.165, 1.54) is 6.07 Å². The van der Waals surface area contributed by atoms with Crippen LogP contribution in [0.15, 0.2) is 39.5 Å². The smallest absolute Gasteiger partial charge is 0.336 e. The van der Waals surface area contributed by atoms with Gasteiger partial charge in [0.25, 0.3) is 0 Å². The van der Waals surface area contributed by atoms with Crippen LogP contribution in [0.1, 0.15) is 19.4 Å².